The average Bonchev–Trinajstić information content (AvgIpc) is 2.85. The molecule has 3 rings (SSSR count). The molecule has 3 amide bonds. The zero-order chi connectivity index (χ0) is 25.5. The molecule has 188 valence electrons. The lowest BCUT2D eigenvalue weighted by Crippen LogP contribution is -2.56. The van der Waals surface area contributed by atoms with E-state index in [4.69, 9.17) is 21.4 Å². The van der Waals surface area contributed by atoms with E-state index in [9.17, 15) is 19.2 Å². The van der Waals surface area contributed by atoms with Gasteiger partial charge in [0, 0.05) is 47.9 Å². The quantitative estimate of drug-likeness (QED) is 0.506. The normalized spacial score (nSPS) is 14.5. The van der Waals surface area contributed by atoms with E-state index in [0.717, 1.165) is 10.3 Å². The molecule has 0 spiro atoms. The SMILES string of the molecule is CCOC(=O)N1CCN(C(=O)C(CCC(=O)O)NC(=O)c2cc(SC)c3ccc(Cl)cc3n2)CC1. The number of piperazine rings is 1. The van der Waals surface area contributed by atoms with Crippen LogP contribution < -0.4 is 5.32 Å². The molecule has 1 aromatic heterocycles. The van der Waals surface area contributed by atoms with Crippen LogP contribution in [0.15, 0.2) is 29.2 Å². The number of nitrogens with zero attached hydrogens (tertiary/aromatic N) is 3. The molecule has 2 aromatic rings. The fraction of sp³-hybridized carbons (Fsp3) is 0.435. The number of ether oxygens (including phenoxy) is 1. The molecule has 1 unspecified atom stereocenters. The molecule has 1 fully saturated rings. The molecule has 1 aliphatic heterocycles. The van der Waals surface area contributed by atoms with Crippen LogP contribution in [0.3, 0.4) is 0 Å². The monoisotopic (exact) mass is 522 g/mol. The molecule has 1 aliphatic rings. The number of rotatable bonds is 8. The molecule has 1 saturated heterocycles. The zero-order valence-corrected chi connectivity index (χ0v) is 21.0. The van der Waals surface area contributed by atoms with Gasteiger partial charge in [-0.05, 0) is 37.8 Å². The van der Waals surface area contributed by atoms with E-state index in [-0.39, 0.29) is 51.3 Å². The maximum absolute atomic E-state index is 13.2. The van der Waals surface area contributed by atoms with Crippen LogP contribution in [0.2, 0.25) is 5.02 Å². The highest BCUT2D eigenvalue weighted by Crippen LogP contribution is 2.28. The Morgan fingerprint density at radius 1 is 1.17 bits per heavy atom. The Kier molecular flexibility index (Phi) is 9.16. The third kappa shape index (κ3) is 6.76. The Morgan fingerprint density at radius 3 is 2.49 bits per heavy atom. The maximum atomic E-state index is 13.2. The van der Waals surface area contributed by atoms with E-state index < -0.39 is 29.9 Å². The molecule has 0 saturated carbocycles. The lowest BCUT2D eigenvalue weighted by atomic mass is 10.1. The van der Waals surface area contributed by atoms with Crippen molar-refractivity contribution in [2.45, 2.75) is 30.7 Å². The summed E-state index contributed by atoms with van der Waals surface area (Å²) < 4.78 is 4.99. The lowest BCUT2D eigenvalue weighted by molar-refractivity contribution is -0.138. The van der Waals surface area contributed by atoms with Crippen molar-refractivity contribution in [3.8, 4) is 0 Å². The van der Waals surface area contributed by atoms with Crippen LogP contribution in [0.25, 0.3) is 10.9 Å². The third-order valence-corrected chi connectivity index (χ3v) is 6.57. The van der Waals surface area contributed by atoms with Crippen LogP contribution in [-0.2, 0) is 14.3 Å². The van der Waals surface area contributed by atoms with Crippen LogP contribution in [0.1, 0.15) is 30.3 Å². The van der Waals surface area contributed by atoms with Gasteiger partial charge in [-0.15, -0.1) is 11.8 Å². The van der Waals surface area contributed by atoms with Crippen LogP contribution in [0.5, 0.6) is 0 Å². The van der Waals surface area contributed by atoms with Crippen molar-refractivity contribution in [1.29, 1.82) is 0 Å². The van der Waals surface area contributed by atoms with Crippen LogP contribution in [0, 0.1) is 0 Å². The van der Waals surface area contributed by atoms with Crippen LogP contribution in [-0.4, -0.2) is 88.9 Å². The lowest BCUT2D eigenvalue weighted by Gasteiger charge is -2.35. The van der Waals surface area contributed by atoms with Gasteiger partial charge in [0.1, 0.15) is 11.7 Å². The number of halogens is 1. The van der Waals surface area contributed by atoms with E-state index >= 15 is 0 Å². The Labute approximate surface area is 211 Å². The molecule has 1 aromatic carbocycles. The second kappa shape index (κ2) is 12.1. The number of amides is 3. The molecule has 12 heteroatoms. The Balaban J connectivity index is 1.77. The zero-order valence-electron chi connectivity index (χ0n) is 19.5. The van der Waals surface area contributed by atoms with E-state index in [2.05, 4.69) is 10.3 Å². The van der Waals surface area contributed by atoms with Crippen molar-refractivity contribution >= 4 is 58.1 Å². The van der Waals surface area contributed by atoms with Gasteiger partial charge in [0.2, 0.25) is 5.91 Å². The van der Waals surface area contributed by atoms with Gasteiger partial charge in [0.25, 0.3) is 5.91 Å². The van der Waals surface area contributed by atoms with Crippen LogP contribution >= 0.6 is 23.4 Å². The summed E-state index contributed by atoms with van der Waals surface area (Å²) in [5, 5.41) is 13.1. The maximum Gasteiger partial charge on any atom is 0.409 e. The number of hydrogen-bond donors (Lipinski definition) is 2. The van der Waals surface area contributed by atoms with Gasteiger partial charge in [-0.3, -0.25) is 14.4 Å². The molecule has 35 heavy (non-hydrogen) atoms. The standard InChI is InChI=1S/C23H27ClN4O6S/c1-3-34-23(33)28-10-8-27(9-11-28)22(32)16(6-7-20(29)30)26-21(31)18-13-19(35-2)15-5-4-14(24)12-17(15)25-18/h4-5,12-13,16H,3,6-11H2,1-2H3,(H,26,31)(H,29,30). The second-order valence-corrected chi connectivity index (χ2v) is 9.13. The van der Waals surface area contributed by atoms with Gasteiger partial charge in [-0.2, -0.15) is 0 Å². The first-order valence-electron chi connectivity index (χ1n) is 11.1. The smallest absolute Gasteiger partial charge is 0.409 e. The first-order valence-corrected chi connectivity index (χ1v) is 12.7. The first-order chi connectivity index (χ1) is 16.7. The number of carboxylic acid groups (broad SMARTS) is 1. The molecule has 2 N–H and O–H groups in total. The Bertz CT molecular complexity index is 1120. The minimum Gasteiger partial charge on any atom is -0.481 e. The first kappa shape index (κ1) is 26.6. The van der Waals surface area contributed by atoms with Crippen molar-refractivity contribution in [3.05, 3.63) is 35.0 Å². The number of fused-ring (bicyclic) bond motifs is 1. The van der Waals surface area contributed by atoms with Crippen molar-refractivity contribution in [2.24, 2.45) is 0 Å². The average molecular weight is 523 g/mol. The number of aliphatic carboxylic acids is 1. The summed E-state index contributed by atoms with van der Waals surface area (Å²) >= 11 is 7.54. The molecule has 0 radical (unpaired) electrons. The fourth-order valence-electron chi connectivity index (χ4n) is 3.76. The van der Waals surface area contributed by atoms with Crippen molar-refractivity contribution in [3.63, 3.8) is 0 Å². The number of carbonyl (C=O) groups is 4. The van der Waals surface area contributed by atoms with Gasteiger partial charge in [-0.1, -0.05) is 17.7 Å². The van der Waals surface area contributed by atoms with Crippen LogP contribution in [0.4, 0.5) is 4.79 Å². The summed E-state index contributed by atoms with van der Waals surface area (Å²) in [6.45, 7) is 3.05. The third-order valence-electron chi connectivity index (χ3n) is 5.55. The number of benzene rings is 1. The summed E-state index contributed by atoms with van der Waals surface area (Å²) in [6.07, 6.45) is 1.06. The number of nitrogens with one attached hydrogen (secondary N) is 1. The second-order valence-electron chi connectivity index (χ2n) is 7.84. The summed E-state index contributed by atoms with van der Waals surface area (Å²) in [6, 6.07) is 5.80. The highest BCUT2D eigenvalue weighted by atomic mass is 35.5. The predicted octanol–water partition coefficient (Wildman–Crippen LogP) is 2.87. The summed E-state index contributed by atoms with van der Waals surface area (Å²) in [4.78, 5) is 57.6. The predicted molar refractivity (Wildman–Crippen MR) is 132 cm³/mol. The number of thioether (sulfide) groups is 1. The highest BCUT2D eigenvalue weighted by molar-refractivity contribution is 7.98. The number of aromatic nitrogens is 1. The van der Waals surface area contributed by atoms with Crippen molar-refractivity contribution in [1.82, 2.24) is 20.1 Å². The summed E-state index contributed by atoms with van der Waals surface area (Å²) in [5.41, 5.74) is 0.641. The van der Waals surface area contributed by atoms with E-state index in [1.807, 2.05) is 12.3 Å². The van der Waals surface area contributed by atoms with Gasteiger partial charge < -0.3 is 25.0 Å². The van der Waals surface area contributed by atoms with Gasteiger partial charge in [0.15, 0.2) is 0 Å². The number of carboxylic acids is 1. The van der Waals surface area contributed by atoms with E-state index in [1.165, 1.54) is 21.6 Å². The molecule has 1 atom stereocenters. The largest absolute Gasteiger partial charge is 0.481 e. The summed E-state index contributed by atoms with van der Waals surface area (Å²) in [7, 11) is 0. The minimum atomic E-state index is -1.08. The Morgan fingerprint density at radius 2 is 1.86 bits per heavy atom. The molecule has 10 nitrogen and oxygen atoms in total. The molecular formula is C23H27ClN4O6S. The van der Waals surface area contributed by atoms with Gasteiger partial charge >= 0.3 is 12.1 Å². The topological polar surface area (TPSA) is 129 Å². The molecular weight excluding hydrogens is 496 g/mol. The number of carbonyl (C=O) groups excluding carboxylic acids is 3. The number of pyridine rings is 1. The molecule has 0 aliphatic carbocycles. The van der Waals surface area contributed by atoms with E-state index in [1.54, 1.807) is 25.1 Å². The van der Waals surface area contributed by atoms with Crippen molar-refractivity contribution in [2.75, 3.05) is 39.0 Å². The minimum absolute atomic E-state index is 0.0766. The van der Waals surface area contributed by atoms with Crippen molar-refractivity contribution < 1.29 is 29.0 Å². The summed E-state index contributed by atoms with van der Waals surface area (Å²) in [5.74, 6) is -2.07. The van der Waals surface area contributed by atoms with E-state index in [0.29, 0.717) is 10.5 Å². The van der Waals surface area contributed by atoms with Gasteiger partial charge in [0.05, 0.1) is 12.1 Å². The molecule has 0 bridgehead atoms. The highest BCUT2D eigenvalue weighted by Gasteiger charge is 2.31. The fourth-order valence-corrected chi connectivity index (χ4v) is 4.55. The number of hydrogen-bond acceptors (Lipinski definition) is 7. The van der Waals surface area contributed by atoms with Gasteiger partial charge in [-0.25, -0.2) is 9.78 Å². The molecule has 2 heterocycles. The Hall–Kier alpha value is -3.05.